The molecule has 0 aliphatic heterocycles. The number of methoxy groups -OCH3 is 1. The molecular weight excluding hydrogens is 388 g/mol. The Balaban J connectivity index is 1.74. The molecular formula is C27H26O4. The van der Waals surface area contributed by atoms with Crippen molar-refractivity contribution >= 4 is 17.8 Å². The second-order valence-electron chi connectivity index (χ2n) is 8.18. The maximum Gasteiger partial charge on any atom is 0.343 e. The van der Waals surface area contributed by atoms with Gasteiger partial charge in [-0.15, -0.1) is 0 Å². The standard InChI is InChI=1S/C27H26O4/c1-27(2,3)22-14-9-21(10-15-22)26(29)31-25-8-6-5-7-20(25)13-18-24(28)19-11-16-23(30-4)17-12-19/h5-18H,1-4H3/b18-13+. The van der Waals surface area contributed by atoms with Crippen LogP contribution in [0.3, 0.4) is 0 Å². The summed E-state index contributed by atoms with van der Waals surface area (Å²) >= 11 is 0. The lowest BCUT2D eigenvalue weighted by molar-refractivity contribution is 0.0734. The van der Waals surface area contributed by atoms with E-state index in [1.165, 1.54) is 6.08 Å². The third kappa shape index (κ3) is 5.70. The zero-order valence-corrected chi connectivity index (χ0v) is 18.2. The zero-order valence-electron chi connectivity index (χ0n) is 18.2. The number of para-hydroxylation sites is 1. The van der Waals surface area contributed by atoms with Crippen molar-refractivity contribution in [1.82, 2.24) is 0 Å². The lowest BCUT2D eigenvalue weighted by Gasteiger charge is -2.19. The van der Waals surface area contributed by atoms with Crippen LogP contribution >= 0.6 is 0 Å². The van der Waals surface area contributed by atoms with E-state index >= 15 is 0 Å². The molecule has 0 saturated carbocycles. The monoisotopic (exact) mass is 414 g/mol. The van der Waals surface area contributed by atoms with Crippen LogP contribution in [0.1, 0.15) is 52.6 Å². The second-order valence-corrected chi connectivity index (χ2v) is 8.18. The van der Waals surface area contributed by atoms with Gasteiger partial charge in [0, 0.05) is 11.1 Å². The zero-order chi connectivity index (χ0) is 22.4. The van der Waals surface area contributed by atoms with Crippen molar-refractivity contribution in [2.24, 2.45) is 0 Å². The molecule has 0 unspecified atom stereocenters. The summed E-state index contributed by atoms with van der Waals surface area (Å²) in [6.45, 7) is 6.36. The minimum atomic E-state index is -0.442. The van der Waals surface area contributed by atoms with Crippen molar-refractivity contribution in [3.8, 4) is 11.5 Å². The summed E-state index contributed by atoms with van der Waals surface area (Å²) in [5, 5.41) is 0. The molecule has 0 spiro atoms. The van der Waals surface area contributed by atoms with E-state index in [-0.39, 0.29) is 11.2 Å². The van der Waals surface area contributed by atoms with Gasteiger partial charge in [0.2, 0.25) is 0 Å². The van der Waals surface area contributed by atoms with E-state index < -0.39 is 5.97 Å². The fourth-order valence-electron chi connectivity index (χ4n) is 2.99. The van der Waals surface area contributed by atoms with E-state index in [4.69, 9.17) is 9.47 Å². The Hall–Kier alpha value is -3.66. The van der Waals surface area contributed by atoms with Crippen LogP contribution in [0.4, 0.5) is 0 Å². The molecule has 0 amide bonds. The van der Waals surface area contributed by atoms with Crippen molar-refractivity contribution in [2.75, 3.05) is 7.11 Å². The summed E-state index contributed by atoms with van der Waals surface area (Å²) in [5.74, 6) is 0.490. The first-order chi connectivity index (χ1) is 14.8. The lowest BCUT2D eigenvalue weighted by atomic mass is 9.87. The van der Waals surface area contributed by atoms with Crippen LogP contribution < -0.4 is 9.47 Å². The number of rotatable bonds is 6. The Morgan fingerprint density at radius 3 is 2.03 bits per heavy atom. The second kappa shape index (κ2) is 9.43. The van der Waals surface area contributed by atoms with Crippen molar-refractivity contribution in [3.63, 3.8) is 0 Å². The molecule has 0 aromatic heterocycles. The van der Waals surface area contributed by atoms with Gasteiger partial charge in [-0.1, -0.05) is 51.1 Å². The van der Waals surface area contributed by atoms with Gasteiger partial charge in [0.1, 0.15) is 11.5 Å². The molecule has 0 fully saturated rings. The molecule has 31 heavy (non-hydrogen) atoms. The maximum absolute atomic E-state index is 12.6. The molecule has 0 saturated heterocycles. The van der Waals surface area contributed by atoms with Gasteiger partial charge in [-0.25, -0.2) is 4.79 Å². The maximum atomic E-state index is 12.6. The van der Waals surface area contributed by atoms with Gasteiger partial charge >= 0.3 is 5.97 Å². The number of allylic oxidation sites excluding steroid dienone is 1. The first-order valence-corrected chi connectivity index (χ1v) is 10.1. The third-order valence-electron chi connectivity index (χ3n) is 4.90. The minimum absolute atomic E-state index is 0.0102. The van der Waals surface area contributed by atoms with Crippen LogP contribution in [-0.2, 0) is 5.41 Å². The molecule has 0 N–H and O–H groups in total. The molecule has 3 aromatic carbocycles. The van der Waals surface area contributed by atoms with Gasteiger partial charge in [0.05, 0.1) is 12.7 Å². The highest BCUT2D eigenvalue weighted by Crippen LogP contribution is 2.24. The van der Waals surface area contributed by atoms with Gasteiger partial charge in [-0.05, 0) is 65.6 Å². The number of hydrogen-bond acceptors (Lipinski definition) is 4. The Morgan fingerprint density at radius 1 is 0.806 bits per heavy atom. The molecule has 0 aliphatic carbocycles. The number of carbonyl (C=O) groups is 2. The fraction of sp³-hybridized carbons (Fsp3) is 0.185. The van der Waals surface area contributed by atoms with E-state index in [1.54, 1.807) is 67.8 Å². The molecule has 4 heteroatoms. The van der Waals surface area contributed by atoms with E-state index in [0.29, 0.717) is 28.2 Å². The van der Waals surface area contributed by atoms with Gasteiger partial charge in [0.25, 0.3) is 0 Å². The van der Waals surface area contributed by atoms with Gasteiger partial charge < -0.3 is 9.47 Å². The highest BCUT2D eigenvalue weighted by atomic mass is 16.5. The molecule has 4 nitrogen and oxygen atoms in total. The van der Waals surface area contributed by atoms with Crippen LogP contribution in [0.15, 0.2) is 78.9 Å². The predicted octanol–water partition coefficient (Wildman–Crippen LogP) is 6.11. The quantitative estimate of drug-likeness (QED) is 0.211. The highest BCUT2D eigenvalue weighted by molar-refractivity contribution is 6.07. The van der Waals surface area contributed by atoms with E-state index in [0.717, 1.165) is 5.56 Å². The minimum Gasteiger partial charge on any atom is -0.497 e. The predicted molar refractivity (Wildman–Crippen MR) is 123 cm³/mol. The Morgan fingerprint density at radius 2 is 1.42 bits per heavy atom. The number of benzene rings is 3. The molecule has 0 radical (unpaired) electrons. The molecule has 0 heterocycles. The van der Waals surface area contributed by atoms with Crippen molar-refractivity contribution in [3.05, 3.63) is 101 Å². The summed E-state index contributed by atoms with van der Waals surface area (Å²) < 4.78 is 10.7. The van der Waals surface area contributed by atoms with Crippen molar-refractivity contribution in [1.29, 1.82) is 0 Å². The number of ether oxygens (including phenoxy) is 2. The summed E-state index contributed by atoms with van der Waals surface area (Å²) in [6.07, 6.45) is 3.12. The normalized spacial score (nSPS) is 11.4. The lowest BCUT2D eigenvalue weighted by Crippen LogP contribution is -2.13. The average Bonchev–Trinajstić information content (AvgIpc) is 2.78. The summed E-state index contributed by atoms with van der Waals surface area (Å²) in [4.78, 5) is 25.1. The van der Waals surface area contributed by atoms with Crippen LogP contribution in [0.2, 0.25) is 0 Å². The SMILES string of the molecule is COc1ccc(C(=O)/C=C/c2ccccc2OC(=O)c2ccc(C(C)(C)C)cc2)cc1. The third-order valence-corrected chi connectivity index (χ3v) is 4.90. The number of ketones is 1. The van der Waals surface area contributed by atoms with Gasteiger partial charge in [0.15, 0.2) is 5.78 Å². The molecule has 0 aliphatic rings. The Labute approximate surface area is 183 Å². The van der Waals surface area contributed by atoms with Crippen LogP contribution in [-0.4, -0.2) is 18.9 Å². The number of carbonyl (C=O) groups excluding carboxylic acids is 2. The highest BCUT2D eigenvalue weighted by Gasteiger charge is 2.16. The Kier molecular flexibility index (Phi) is 6.71. The summed E-state index contributed by atoms with van der Waals surface area (Å²) in [6, 6.07) is 21.4. The number of hydrogen-bond donors (Lipinski definition) is 0. The molecule has 0 atom stereocenters. The van der Waals surface area contributed by atoms with Crippen LogP contribution in [0, 0.1) is 0 Å². The van der Waals surface area contributed by atoms with Crippen molar-refractivity contribution in [2.45, 2.75) is 26.2 Å². The molecule has 3 aromatic rings. The first-order valence-electron chi connectivity index (χ1n) is 10.1. The Bertz CT molecular complexity index is 1090. The molecule has 3 rings (SSSR count). The van der Waals surface area contributed by atoms with Gasteiger partial charge in [-0.3, -0.25) is 4.79 Å². The number of esters is 1. The van der Waals surface area contributed by atoms with E-state index in [2.05, 4.69) is 20.8 Å². The molecule has 0 bridgehead atoms. The molecule has 158 valence electrons. The summed E-state index contributed by atoms with van der Waals surface area (Å²) in [7, 11) is 1.58. The van der Waals surface area contributed by atoms with Crippen LogP contribution in [0.25, 0.3) is 6.08 Å². The topological polar surface area (TPSA) is 52.6 Å². The first kappa shape index (κ1) is 22.0. The van der Waals surface area contributed by atoms with E-state index in [9.17, 15) is 9.59 Å². The average molecular weight is 415 g/mol. The van der Waals surface area contributed by atoms with E-state index in [1.807, 2.05) is 18.2 Å². The summed E-state index contributed by atoms with van der Waals surface area (Å²) in [5.41, 5.74) is 2.82. The smallest absolute Gasteiger partial charge is 0.343 e. The van der Waals surface area contributed by atoms with Crippen LogP contribution in [0.5, 0.6) is 11.5 Å². The largest absolute Gasteiger partial charge is 0.497 e. The fourth-order valence-corrected chi connectivity index (χ4v) is 2.99. The van der Waals surface area contributed by atoms with Gasteiger partial charge in [-0.2, -0.15) is 0 Å². The van der Waals surface area contributed by atoms with Crippen molar-refractivity contribution < 1.29 is 19.1 Å².